The molecule has 0 aromatic heterocycles. The van der Waals surface area contributed by atoms with Crippen LogP contribution in [0, 0.1) is 5.82 Å². The molecule has 0 spiro atoms. The number of hydrogen-bond acceptors (Lipinski definition) is 4. The molecule has 0 radical (unpaired) electrons. The van der Waals surface area contributed by atoms with Crippen LogP contribution in [0.2, 0.25) is 0 Å². The average molecular weight is 473 g/mol. The number of aryl methyl sites for hydroxylation is 1. The van der Waals surface area contributed by atoms with Gasteiger partial charge in [0, 0.05) is 24.6 Å². The van der Waals surface area contributed by atoms with Crippen molar-refractivity contribution in [3.05, 3.63) is 59.4 Å². The van der Waals surface area contributed by atoms with Gasteiger partial charge in [-0.15, -0.1) is 0 Å². The number of halogens is 1. The van der Waals surface area contributed by atoms with E-state index in [4.69, 9.17) is 9.47 Å². The Balaban J connectivity index is 2.19. The van der Waals surface area contributed by atoms with Gasteiger partial charge in [-0.1, -0.05) is 31.2 Å². The van der Waals surface area contributed by atoms with Crippen molar-refractivity contribution in [1.29, 1.82) is 0 Å². The first-order valence-electron chi connectivity index (χ1n) is 12.0. The minimum Gasteiger partial charge on any atom is -0.490 e. The number of nitrogens with one attached hydrogen (secondary N) is 1. The van der Waals surface area contributed by atoms with Crippen LogP contribution in [-0.2, 0) is 22.6 Å². The molecule has 0 aliphatic rings. The Labute approximate surface area is 202 Å². The van der Waals surface area contributed by atoms with Crippen LogP contribution in [0.15, 0.2) is 42.5 Å². The van der Waals surface area contributed by atoms with E-state index in [1.54, 1.807) is 25.1 Å². The summed E-state index contributed by atoms with van der Waals surface area (Å²) in [7, 11) is 0. The molecule has 0 aliphatic heterocycles. The van der Waals surface area contributed by atoms with Crippen LogP contribution in [0.5, 0.6) is 11.5 Å². The van der Waals surface area contributed by atoms with E-state index in [9.17, 15) is 14.0 Å². The summed E-state index contributed by atoms with van der Waals surface area (Å²) in [6, 6.07) is 11.2. The molecule has 34 heavy (non-hydrogen) atoms. The first kappa shape index (κ1) is 27.2. The van der Waals surface area contributed by atoms with Crippen LogP contribution in [0.3, 0.4) is 0 Å². The zero-order chi connectivity index (χ0) is 25.1. The molecule has 0 unspecified atom stereocenters. The Morgan fingerprint density at radius 3 is 2.32 bits per heavy atom. The summed E-state index contributed by atoms with van der Waals surface area (Å²) in [6.07, 6.45) is 1.41. The molecule has 0 saturated heterocycles. The minimum atomic E-state index is -0.736. The third-order valence-electron chi connectivity index (χ3n) is 5.70. The maximum absolute atomic E-state index is 14.3. The van der Waals surface area contributed by atoms with Crippen LogP contribution < -0.4 is 14.8 Å². The fraction of sp³-hybridized carbons (Fsp3) is 0.481. The van der Waals surface area contributed by atoms with E-state index < -0.39 is 11.9 Å². The van der Waals surface area contributed by atoms with Crippen LogP contribution in [-0.4, -0.2) is 42.0 Å². The molecule has 2 aromatic rings. The average Bonchev–Trinajstić information content (AvgIpc) is 2.83. The van der Waals surface area contributed by atoms with Gasteiger partial charge in [0.25, 0.3) is 0 Å². The molecule has 0 fully saturated rings. The number of benzene rings is 2. The Bertz CT molecular complexity index is 950. The van der Waals surface area contributed by atoms with Crippen molar-refractivity contribution in [3.63, 3.8) is 0 Å². The lowest BCUT2D eigenvalue weighted by atomic mass is 10.1. The Kier molecular flexibility index (Phi) is 10.8. The van der Waals surface area contributed by atoms with Gasteiger partial charge in [0.2, 0.25) is 11.8 Å². The van der Waals surface area contributed by atoms with Crippen molar-refractivity contribution in [1.82, 2.24) is 10.2 Å². The van der Waals surface area contributed by atoms with Crippen molar-refractivity contribution in [2.24, 2.45) is 0 Å². The summed E-state index contributed by atoms with van der Waals surface area (Å²) in [5.74, 6) is 0.429. The summed E-state index contributed by atoms with van der Waals surface area (Å²) in [5, 5.41) is 2.92. The van der Waals surface area contributed by atoms with Crippen molar-refractivity contribution in [3.8, 4) is 11.5 Å². The minimum absolute atomic E-state index is 0.0128. The largest absolute Gasteiger partial charge is 0.490 e. The maximum atomic E-state index is 14.3. The molecule has 0 bridgehead atoms. The molecular weight excluding hydrogens is 435 g/mol. The van der Waals surface area contributed by atoms with Crippen LogP contribution in [0.1, 0.15) is 58.6 Å². The highest BCUT2D eigenvalue weighted by Crippen LogP contribution is 2.29. The van der Waals surface area contributed by atoms with Crippen molar-refractivity contribution >= 4 is 11.8 Å². The van der Waals surface area contributed by atoms with Gasteiger partial charge in [0.05, 0.1) is 13.2 Å². The predicted octanol–water partition coefficient (Wildman–Crippen LogP) is 4.89. The zero-order valence-electron chi connectivity index (χ0n) is 20.9. The zero-order valence-corrected chi connectivity index (χ0v) is 20.9. The molecule has 1 N–H and O–H groups in total. The number of nitrogens with zero attached hydrogens (tertiary/aromatic N) is 1. The number of hydrogen-bond donors (Lipinski definition) is 1. The first-order valence-corrected chi connectivity index (χ1v) is 12.0. The number of ether oxygens (including phenoxy) is 2. The fourth-order valence-corrected chi connectivity index (χ4v) is 3.50. The van der Waals surface area contributed by atoms with Crippen LogP contribution >= 0.6 is 0 Å². The Morgan fingerprint density at radius 1 is 1.00 bits per heavy atom. The Morgan fingerprint density at radius 2 is 1.68 bits per heavy atom. The molecule has 2 amide bonds. The highest BCUT2D eigenvalue weighted by atomic mass is 19.1. The molecule has 7 heteroatoms. The lowest BCUT2D eigenvalue weighted by molar-refractivity contribution is -0.140. The lowest BCUT2D eigenvalue weighted by Gasteiger charge is -2.30. The molecule has 0 saturated carbocycles. The monoisotopic (exact) mass is 472 g/mol. The van der Waals surface area contributed by atoms with Crippen LogP contribution in [0.4, 0.5) is 4.39 Å². The highest BCUT2D eigenvalue weighted by Gasteiger charge is 2.27. The van der Waals surface area contributed by atoms with E-state index in [2.05, 4.69) is 5.32 Å². The summed E-state index contributed by atoms with van der Waals surface area (Å²) in [4.78, 5) is 27.5. The van der Waals surface area contributed by atoms with Crippen molar-refractivity contribution < 1.29 is 23.5 Å². The lowest BCUT2D eigenvalue weighted by Crippen LogP contribution is -2.49. The van der Waals surface area contributed by atoms with Crippen molar-refractivity contribution in [2.45, 2.75) is 72.5 Å². The van der Waals surface area contributed by atoms with Gasteiger partial charge < -0.3 is 19.7 Å². The van der Waals surface area contributed by atoms with Gasteiger partial charge in [-0.3, -0.25) is 9.59 Å². The van der Waals surface area contributed by atoms with E-state index in [0.717, 1.165) is 12.0 Å². The normalized spacial score (nSPS) is 12.5. The van der Waals surface area contributed by atoms with Crippen LogP contribution in [0.25, 0.3) is 0 Å². The summed E-state index contributed by atoms with van der Waals surface area (Å²) >= 11 is 0. The third-order valence-corrected chi connectivity index (χ3v) is 5.70. The summed E-state index contributed by atoms with van der Waals surface area (Å²) in [6.45, 7) is 10.4. The quantitative estimate of drug-likeness (QED) is 0.451. The van der Waals surface area contributed by atoms with E-state index in [0.29, 0.717) is 36.7 Å². The van der Waals surface area contributed by atoms with E-state index in [1.165, 1.54) is 11.0 Å². The Hall–Kier alpha value is -3.09. The maximum Gasteiger partial charge on any atom is 0.242 e. The summed E-state index contributed by atoms with van der Waals surface area (Å²) in [5.41, 5.74) is 1.29. The van der Waals surface area contributed by atoms with Gasteiger partial charge in [-0.05, 0) is 64.3 Å². The third kappa shape index (κ3) is 7.75. The molecule has 0 aliphatic carbocycles. The highest BCUT2D eigenvalue weighted by molar-refractivity contribution is 5.87. The SMILES string of the molecule is CCOc1ccc(CCC(=O)N(Cc2ccccc2F)[C@H](C)C(=O)N[C@H](C)CC)cc1OCC. The fourth-order valence-electron chi connectivity index (χ4n) is 3.50. The second-order valence-corrected chi connectivity index (χ2v) is 8.25. The number of rotatable bonds is 13. The topological polar surface area (TPSA) is 67.9 Å². The molecule has 6 nitrogen and oxygen atoms in total. The summed E-state index contributed by atoms with van der Waals surface area (Å²) < 4.78 is 25.6. The first-order chi connectivity index (χ1) is 16.3. The second-order valence-electron chi connectivity index (χ2n) is 8.25. The predicted molar refractivity (Wildman–Crippen MR) is 131 cm³/mol. The standard InChI is InChI=1S/C27H37FN2O4/c1-6-19(4)29-27(32)20(5)30(18-22-11-9-10-12-23(22)28)26(31)16-14-21-13-15-24(33-7-2)25(17-21)34-8-3/h9-13,15,17,19-20H,6-8,14,16,18H2,1-5H3,(H,29,32)/t19-,20-/m1/s1. The van der Waals surface area contributed by atoms with Gasteiger partial charge >= 0.3 is 0 Å². The molecule has 186 valence electrons. The van der Waals surface area contributed by atoms with Gasteiger partial charge in [0.1, 0.15) is 11.9 Å². The molecule has 0 heterocycles. The van der Waals surface area contributed by atoms with Gasteiger partial charge in [-0.2, -0.15) is 0 Å². The van der Waals surface area contributed by atoms with Crippen molar-refractivity contribution in [2.75, 3.05) is 13.2 Å². The molecule has 2 rings (SSSR count). The number of carbonyl (C=O) groups is 2. The molecular formula is C27H37FN2O4. The second kappa shape index (κ2) is 13.6. The number of carbonyl (C=O) groups excluding carboxylic acids is 2. The van der Waals surface area contributed by atoms with Gasteiger partial charge in [-0.25, -0.2) is 4.39 Å². The van der Waals surface area contributed by atoms with E-state index in [1.807, 2.05) is 45.9 Å². The van der Waals surface area contributed by atoms with Gasteiger partial charge in [0.15, 0.2) is 11.5 Å². The number of amides is 2. The molecule has 2 atom stereocenters. The van der Waals surface area contributed by atoms with E-state index >= 15 is 0 Å². The smallest absolute Gasteiger partial charge is 0.242 e. The van der Waals surface area contributed by atoms with E-state index in [-0.39, 0.29) is 30.8 Å². The molecule has 2 aromatic carbocycles.